The minimum absolute atomic E-state index is 0.0832. The van der Waals surface area contributed by atoms with Gasteiger partial charge in [-0.2, -0.15) is 5.10 Å². The monoisotopic (exact) mass is 362 g/mol. The van der Waals surface area contributed by atoms with Gasteiger partial charge in [0.25, 0.3) is 0 Å². The van der Waals surface area contributed by atoms with Crippen LogP contribution in [0.4, 0.5) is 0 Å². The first-order chi connectivity index (χ1) is 13.0. The number of nitrogens with one attached hydrogen (secondary N) is 1. The van der Waals surface area contributed by atoms with Gasteiger partial charge in [0.05, 0.1) is 12.1 Å². The molecule has 1 saturated carbocycles. The molecule has 3 rings (SSSR count). The Bertz CT molecular complexity index is 815. The maximum atomic E-state index is 12.2. The van der Waals surface area contributed by atoms with E-state index >= 15 is 0 Å². The molecule has 1 aliphatic carbocycles. The highest BCUT2D eigenvalue weighted by atomic mass is 16.2. The third-order valence-corrected chi connectivity index (χ3v) is 5.60. The predicted octanol–water partition coefficient (Wildman–Crippen LogP) is 5.43. The Hall–Kier alpha value is -2.42. The molecular weight excluding hydrogens is 332 g/mol. The van der Waals surface area contributed by atoms with E-state index < -0.39 is 0 Å². The van der Waals surface area contributed by atoms with Gasteiger partial charge in [0.1, 0.15) is 0 Å². The average Bonchev–Trinajstić information content (AvgIpc) is 2.69. The number of aryl methyl sites for hydroxylation is 2. The first kappa shape index (κ1) is 19.3. The maximum Gasteiger partial charge on any atom is 0.244 e. The Morgan fingerprint density at radius 1 is 1.04 bits per heavy atom. The van der Waals surface area contributed by atoms with Crippen LogP contribution in [0.15, 0.2) is 47.6 Å². The van der Waals surface area contributed by atoms with Gasteiger partial charge in [0.15, 0.2) is 0 Å². The average molecular weight is 363 g/mol. The molecule has 1 aliphatic rings. The van der Waals surface area contributed by atoms with E-state index in [-0.39, 0.29) is 5.91 Å². The quantitative estimate of drug-likeness (QED) is 0.559. The van der Waals surface area contributed by atoms with Crippen LogP contribution in [0, 0.1) is 13.8 Å². The third-order valence-electron chi connectivity index (χ3n) is 5.60. The molecule has 27 heavy (non-hydrogen) atoms. The Morgan fingerprint density at radius 3 is 2.41 bits per heavy atom. The molecular formula is C24H30N2O. The zero-order chi connectivity index (χ0) is 19.2. The van der Waals surface area contributed by atoms with Crippen LogP contribution >= 0.6 is 0 Å². The van der Waals surface area contributed by atoms with E-state index in [9.17, 15) is 4.79 Å². The summed E-state index contributed by atoms with van der Waals surface area (Å²) in [5, 5.41) is 4.30. The van der Waals surface area contributed by atoms with Gasteiger partial charge in [0.2, 0.25) is 5.91 Å². The molecule has 2 aromatic rings. The minimum Gasteiger partial charge on any atom is -0.273 e. The number of carbonyl (C=O) groups is 1. The van der Waals surface area contributed by atoms with E-state index in [1.54, 1.807) is 0 Å². The number of rotatable bonds is 5. The van der Waals surface area contributed by atoms with E-state index in [1.807, 2.05) is 26.0 Å². The second-order valence-electron chi connectivity index (χ2n) is 7.80. The van der Waals surface area contributed by atoms with Gasteiger partial charge < -0.3 is 0 Å². The summed E-state index contributed by atoms with van der Waals surface area (Å²) in [4.78, 5) is 12.2. The third kappa shape index (κ3) is 5.29. The number of hydrogen-bond donors (Lipinski definition) is 1. The second-order valence-corrected chi connectivity index (χ2v) is 7.80. The standard InChI is InChI=1S/C24H30N2O/c1-17-9-10-23(18(2)15-17)16-24(27)26-25-19(3)20-11-13-22(14-12-20)21-7-5-4-6-8-21/h9-15,21H,4-8,16H2,1-3H3,(H,26,27)/b25-19-. The molecule has 2 aromatic carbocycles. The van der Waals surface area contributed by atoms with Crippen molar-refractivity contribution in [3.05, 3.63) is 70.3 Å². The van der Waals surface area contributed by atoms with Crippen LogP contribution in [0.3, 0.4) is 0 Å². The summed E-state index contributed by atoms with van der Waals surface area (Å²) < 4.78 is 0. The Morgan fingerprint density at radius 2 is 1.74 bits per heavy atom. The van der Waals surface area contributed by atoms with E-state index in [2.05, 4.69) is 47.8 Å². The molecule has 142 valence electrons. The maximum absolute atomic E-state index is 12.2. The van der Waals surface area contributed by atoms with Crippen molar-refractivity contribution in [2.45, 2.75) is 65.2 Å². The van der Waals surface area contributed by atoms with Crippen molar-refractivity contribution < 1.29 is 4.79 Å². The van der Waals surface area contributed by atoms with E-state index in [0.29, 0.717) is 12.3 Å². The molecule has 3 nitrogen and oxygen atoms in total. The smallest absolute Gasteiger partial charge is 0.244 e. The fourth-order valence-corrected chi connectivity index (χ4v) is 3.90. The summed E-state index contributed by atoms with van der Waals surface area (Å²) in [7, 11) is 0. The van der Waals surface area contributed by atoms with Crippen LogP contribution in [0.25, 0.3) is 0 Å². The highest BCUT2D eigenvalue weighted by Gasteiger charge is 2.15. The number of benzene rings is 2. The number of hydrazone groups is 1. The number of carbonyl (C=O) groups excluding carboxylic acids is 1. The van der Waals surface area contributed by atoms with Gasteiger partial charge >= 0.3 is 0 Å². The summed E-state index contributed by atoms with van der Waals surface area (Å²) in [6.45, 7) is 6.04. The summed E-state index contributed by atoms with van der Waals surface area (Å²) in [5.41, 5.74) is 9.42. The summed E-state index contributed by atoms with van der Waals surface area (Å²) >= 11 is 0. The fraction of sp³-hybridized carbons (Fsp3) is 0.417. The van der Waals surface area contributed by atoms with Crippen molar-refractivity contribution in [1.29, 1.82) is 0 Å². The van der Waals surface area contributed by atoms with E-state index in [0.717, 1.165) is 22.4 Å². The van der Waals surface area contributed by atoms with Gasteiger partial charge in [-0.15, -0.1) is 0 Å². The summed E-state index contributed by atoms with van der Waals surface area (Å²) in [5.74, 6) is 0.627. The molecule has 0 saturated heterocycles. The molecule has 0 aromatic heterocycles. The van der Waals surface area contributed by atoms with Gasteiger partial charge in [0, 0.05) is 0 Å². The van der Waals surface area contributed by atoms with Crippen molar-refractivity contribution >= 4 is 11.6 Å². The molecule has 0 spiro atoms. The Labute approximate surface area is 162 Å². The first-order valence-corrected chi connectivity index (χ1v) is 10.0. The van der Waals surface area contributed by atoms with Crippen LogP contribution in [-0.4, -0.2) is 11.6 Å². The molecule has 0 aliphatic heterocycles. The highest BCUT2D eigenvalue weighted by Crippen LogP contribution is 2.32. The van der Waals surface area contributed by atoms with Crippen molar-refractivity contribution in [3.63, 3.8) is 0 Å². The largest absolute Gasteiger partial charge is 0.273 e. The Kier molecular flexibility index (Phi) is 6.44. The van der Waals surface area contributed by atoms with Gasteiger partial charge in [-0.3, -0.25) is 4.79 Å². The van der Waals surface area contributed by atoms with Crippen molar-refractivity contribution in [1.82, 2.24) is 5.43 Å². The molecule has 0 heterocycles. The topological polar surface area (TPSA) is 41.5 Å². The summed E-state index contributed by atoms with van der Waals surface area (Å²) in [6.07, 6.45) is 7.03. The zero-order valence-electron chi connectivity index (χ0n) is 16.7. The SMILES string of the molecule is C/C(=N/NC(=O)Cc1ccc(C)cc1C)c1ccc(C2CCCCC2)cc1. The lowest BCUT2D eigenvalue weighted by molar-refractivity contribution is -0.120. The minimum atomic E-state index is -0.0832. The Balaban J connectivity index is 1.58. The van der Waals surface area contributed by atoms with Crippen LogP contribution in [-0.2, 0) is 11.2 Å². The molecule has 1 amide bonds. The number of nitrogens with zero attached hydrogens (tertiary/aromatic N) is 1. The number of amides is 1. The van der Waals surface area contributed by atoms with Crippen LogP contribution in [0.2, 0.25) is 0 Å². The van der Waals surface area contributed by atoms with Crippen LogP contribution < -0.4 is 5.43 Å². The molecule has 1 N–H and O–H groups in total. The molecule has 0 atom stereocenters. The van der Waals surface area contributed by atoms with E-state index in [4.69, 9.17) is 0 Å². The van der Waals surface area contributed by atoms with E-state index in [1.165, 1.54) is 43.2 Å². The molecule has 0 unspecified atom stereocenters. The van der Waals surface area contributed by atoms with Gasteiger partial charge in [-0.1, -0.05) is 67.3 Å². The molecule has 0 radical (unpaired) electrons. The fourth-order valence-electron chi connectivity index (χ4n) is 3.90. The lowest BCUT2D eigenvalue weighted by Crippen LogP contribution is -2.21. The lowest BCUT2D eigenvalue weighted by Gasteiger charge is -2.22. The van der Waals surface area contributed by atoms with Gasteiger partial charge in [-0.25, -0.2) is 5.43 Å². The second kappa shape index (κ2) is 8.98. The van der Waals surface area contributed by atoms with Crippen molar-refractivity contribution in [3.8, 4) is 0 Å². The van der Waals surface area contributed by atoms with Crippen LogP contribution in [0.1, 0.15) is 72.8 Å². The van der Waals surface area contributed by atoms with Crippen LogP contribution in [0.5, 0.6) is 0 Å². The van der Waals surface area contributed by atoms with Crippen molar-refractivity contribution in [2.24, 2.45) is 5.10 Å². The predicted molar refractivity (Wildman–Crippen MR) is 112 cm³/mol. The summed E-state index contributed by atoms with van der Waals surface area (Å²) in [6, 6.07) is 14.9. The highest BCUT2D eigenvalue weighted by molar-refractivity contribution is 5.99. The van der Waals surface area contributed by atoms with Crippen molar-refractivity contribution in [2.75, 3.05) is 0 Å². The molecule has 3 heteroatoms. The zero-order valence-corrected chi connectivity index (χ0v) is 16.7. The lowest BCUT2D eigenvalue weighted by atomic mass is 9.84. The molecule has 0 bridgehead atoms. The number of hydrogen-bond acceptors (Lipinski definition) is 2. The molecule has 1 fully saturated rings. The first-order valence-electron chi connectivity index (χ1n) is 10.0. The van der Waals surface area contributed by atoms with Gasteiger partial charge in [-0.05, 0) is 61.8 Å². The normalized spacial score (nSPS) is 15.6.